The number of anilines is 1. The van der Waals surface area contributed by atoms with Gasteiger partial charge < -0.3 is 14.4 Å². The zero-order chi connectivity index (χ0) is 14.0. The van der Waals surface area contributed by atoms with E-state index in [-0.39, 0.29) is 11.7 Å². The van der Waals surface area contributed by atoms with Crippen LogP contribution in [0.25, 0.3) is 0 Å². The van der Waals surface area contributed by atoms with Crippen molar-refractivity contribution in [2.24, 2.45) is 0 Å². The minimum atomic E-state index is -0.209. The monoisotopic (exact) mass is 265 g/mol. The van der Waals surface area contributed by atoms with Crippen LogP contribution < -0.4 is 4.90 Å². The maximum Gasteiger partial charge on any atom is 0.150 e. The number of hydrogen-bond donors (Lipinski definition) is 0. The van der Waals surface area contributed by atoms with Crippen molar-refractivity contribution in [3.05, 3.63) is 17.6 Å². The predicted molar refractivity (Wildman–Crippen MR) is 74.5 cm³/mol. The first-order valence-corrected chi connectivity index (χ1v) is 6.63. The molecule has 0 aliphatic carbocycles. The van der Waals surface area contributed by atoms with Crippen molar-refractivity contribution >= 4 is 5.82 Å². The molecule has 106 valence electrons. The molecule has 2 heterocycles. The molecular formula is C14H23N3O2. The smallest absolute Gasteiger partial charge is 0.150 e. The number of aromatic nitrogens is 2. The summed E-state index contributed by atoms with van der Waals surface area (Å²) in [6.45, 7) is 10.4. The first-order chi connectivity index (χ1) is 8.91. The van der Waals surface area contributed by atoms with Crippen LogP contribution in [0.2, 0.25) is 0 Å². The van der Waals surface area contributed by atoms with Crippen LogP contribution in [0.4, 0.5) is 5.82 Å². The normalized spacial score (nSPS) is 22.6. The highest BCUT2D eigenvalue weighted by atomic mass is 16.5. The van der Waals surface area contributed by atoms with Crippen molar-refractivity contribution in [1.82, 2.24) is 9.97 Å². The molecule has 2 rings (SSSR count). The first-order valence-electron chi connectivity index (χ1n) is 6.63. The molecule has 1 fully saturated rings. The van der Waals surface area contributed by atoms with Crippen LogP contribution in [0.3, 0.4) is 0 Å². The molecule has 1 aromatic heterocycles. The third-order valence-corrected chi connectivity index (χ3v) is 3.18. The Morgan fingerprint density at radius 1 is 1.47 bits per heavy atom. The lowest BCUT2D eigenvalue weighted by Crippen LogP contribution is -2.54. The number of hydrogen-bond acceptors (Lipinski definition) is 5. The van der Waals surface area contributed by atoms with Gasteiger partial charge in [-0.15, -0.1) is 0 Å². The standard InChI is InChI=1S/C14H23N3O2/c1-10-6-15-11(2)13(16-10)17-7-12(8-18-5)19-14(3,4)9-17/h6,12H,7-9H2,1-5H3/t12-/m0/s1. The van der Waals surface area contributed by atoms with E-state index in [0.29, 0.717) is 6.61 Å². The van der Waals surface area contributed by atoms with Crippen molar-refractivity contribution in [2.75, 3.05) is 31.7 Å². The zero-order valence-corrected chi connectivity index (χ0v) is 12.4. The molecule has 0 amide bonds. The summed E-state index contributed by atoms with van der Waals surface area (Å²) in [5, 5.41) is 0. The quantitative estimate of drug-likeness (QED) is 0.833. The average molecular weight is 265 g/mol. The highest BCUT2D eigenvalue weighted by molar-refractivity contribution is 5.44. The van der Waals surface area contributed by atoms with Crippen LogP contribution in [-0.2, 0) is 9.47 Å². The molecule has 0 unspecified atom stereocenters. The molecule has 0 spiro atoms. The molecule has 1 saturated heterocycles. The Morgan fingerprint density at radius 3 is 2.89 bits per heavy atom. The fraction of sp³-hybridized carbons (Fsp3) is 0.714. The van der Waals surface area contributed by atoms with Gasteiger partial charge in [0, 0.05) is 26.4 Å². The molecule has 0 saturated carbocycles. The summed E-state index contributed by atoms with van der Waals surface area (Å²) in [4.78, 5) is 11.3. The molecule has 1 aliphatic heterocycles. The Labute approximate surface area is 115 Å². The number of nitrogens with zero attached hydrogens (tertiary/aromatic N) is 3. The van der Waals surface area contributed by atoms with Crippen molar-refractivity contribution in [3.8, 4) is 0 Å². The minimum Gasteiger partial charge on any atom is -0.382 e. The lowest BCUT2D eigenvalue weighted by Gasteiger charge is -2.43. The highest BCUT2D eigenvalue weighted by Gasteiger charge is 2.34. The Morgan fingerprint density at radius 2 is 2.21 bits per heavy atom. The van der Waals surface area contributed by atoms with E-state index in [0.717, 1.165) is 30.3 Å². The van der Waals surface area contributed by atoms with E-state index in [1.54, 1.807) is 13.3 Å². The summed E-state index contributed by atoms with van der Waals surface area (Å²) in [5.74, 6) is 0.956. The van der Waals surface area contributed by atoms with Crippen LogP contribution in [0.5, 0.6) is 0 Å². The summed E-state index contributed by atoms with van der Waals surface area (Å²) in [6.07, 6.45) is 1.87. The Kier molecular flexibility index (Phi) is 4.06. The molecular weight excluding hydrogens is 242 g/mol. The molecule has 1 atom stereocenters. The van der Waals surface area contributed by atoms with Crippen LogP contribution in [0.1, 0.15) is 25.2 Å². The highest BCUT2D eigenvalue weighted by Crippen LogP contribution is 2.26. The summed E-state index contributed by atoms with van der Waals surface area (Å²) in [6, 6.07) is 0. The van der Waals surface area contributed by atoms with Gasteiger partial charge in [0.1, 0.15) is 0 Å². The minimum absolute atomic E-state index is 0.0652. The second-order valence-electron chi connectivity index (χ2n) is 5.76. The van der Waals surface area contributed by atoms with Gasteiger partial charge in [-0.2, -0.15) is 0 Å². The molecule has 0 N–H and O–H groups in total. The SMILES string of the molecule is COC[C@@H]1CN(c2nc(C)cnc2C)CC(C)(C)O1. The summed E-state index contributed by atoms with van der Waals surface area (Å²) < 4.78 is 11.2. The Bertz CT molecular complexity index is 448. The molecule has 0 bridgehead atoms. The topological polar surface area (TPSA) is 47.5 Å². The van der Waals surface area contributed by atoms with E-state index in [1.807, 2.05) is 13.8 Å². The second-order valence-corrected chi connectivity index (χ2v) is 5.76. The second kappa shape index (κ2) is 5.43. The van der Waals surface area contributed by atoms with Gasteiger partial charge in [0.05, 0.1) is 29.7 Å². The zero-order valence-electron chi connectivity index (χ0n) is 12.4. The molecule has 19 heavy (non-hydrogen) atoms. The van der Waals surface area contributed by atoms with Gasteiger partial charge in [-0.25, -0.2) is 4.98 Å². The van der Waals surface area contributed by atoms with E-state index in [1.165, 1.54) is 0 Å². The van der Waals surface area contributed by atoms with E-state index < -0.39 is 0 Å². The number of rotatable bonds is 3. The number of aryl methyl sites for hydroxylation is 2. The molecule has 0 radical (unpaired) electrons. The van der Waals surface area contributed by atoms with E-state index in [2.05, 4.69) is 28.7 Å². The van der Waals surface area contributed by atoms with Gasteiger partial charge in [-0.1, -0.05) is 0 Å². The predicted octanol–water partition coefficient (Wildman–Crippen LogP) is 1.72. The fourth-order valence-electron chi connectivity index (χ4n) is 2.55. The van der Waals surface area contributed by atoms with Gasteiger partial charge in [-0.05, 0) is 27.7 Å². The molecule has 1 aliphatic rings. The van der Waals surface area contributed by atoms with Crippen LogP contribution >= 0.6 is 0 Å². The van der Waals surface area contributed by atoms with Gasteiger partial charge in [0.25, 0.3) is 0 Å². The van der Waals surface area contributed by atoms with Gasteiger partial charge in [-0.3, -0.25) is 4.98 Å². The van der Waals surface area contributed by atoms with Gasteiger partial charge in [0.2, 0.25) is 0 Å². The summed E-state index contributed by atoms with van der Waals surface area (Å²) in [5.41, 5.74) is 1.69. The van der Waals surface area contributed by atoms with Crippen molar-refractivity contribution in [3.63, 3.8) is 0 Å². The Hall–Kier alpha value is -1.20. The number of methoxy groups -OCH3 is 1. The average Bonchev–Trinajstić information content (AvgIpc) is 2.30. The fourth-order valence-corrected chi connectivity index (χ4v) is 2.55. The largest absolute Gasteiger partial charge is 0.382 e. The van der Waals surface area contributed by atoms with Crippen LogP contribution in [0, 0.1) is 13.8 Å². The van der Waals surface area contributed by atoms with Gasteiger partial charge >= 0.3 is 0 Å². The maximum atomic E-state index is 6.02. The Balaban J connectivity index is 2.25. The van der Waals surface area contributed by atoms with Crippen molar-refractivity contribution in [1.29, 1.82) is 0 Å². The van der Waals surface area contributed by atoms with E-state index in [4.69, 9.17) is 9.47 Å². The third kappa shape index (κ3) is 3.42. The number of morpholine rings is 1. The third-order valence-electron chi connectivity index (χ3n) is 3.18. The lowest BCUT2D eigenvalue weighted by atomic mass is 10.1. The first kappa shape index (κ1) is 14.2. The molecule has 0 aromatic carbocycles. The van der Waals surface area contributed by atoms with Gasteiger partial charge in [0.15, 0.2) is 5.82 Å². The summed E-state index contributed by atoms with van der Waals surface area (Å²) >= 11 is 0. The summed E-state index contributed by atoms with van der Waals surface area (Å²) in [7, 11) is 1.70. The van der Waals surface area contributed by atoms with Crippen LogP contribution in [0.15, 0.2) is 6.20 Å². The van der Waals surface area contributed by atoms with Crippen molar-refractivity contribution < 1.29 is 9.47 Å². The molecule has 5 nitrogen and oxygen atoms in total. The lowest BCUT2D eigenvalue weighted by molar-refractivity contribution is -0.106. The van der Waals surface area contributed by atoms with E-state index >= 15 is 0 Å². The number of ether oxygens (including phenoxy) is 2. The van der Waals surface area contributed by atoms with Crippen molar-refractivity contribution in [2.45, 2.75) is 39.4 Å². The van der Waals surface area contributed by atoms with E-state index in [9.17, 15) is 0 Å². The maximum absolute atomic E-state index is 6.02. The molecule has 5 heteroatoms. The van der Waals surface area contributed by atoms with Crippen LogP contribution in [-0.4, -0.2) is 48.5 Å². The molecule has 1 aromatic rings.